The molecule has 0 atom stereocenters. The van der Waals surface area contributed by atoms with Gasteiger partial charge < -0.3 is 4.57 Å². The molecule has 11 rings (SSSR count). The molecule has 1 aliphatic heterocycles. The second-order valence-corrected chi connectivity index (χ2v) is 15.5. The first-order valence-corrected chi connectivity index (χ1v) is 19.7. The van der Waals surface area contributed by atoms with Crippen molar-refractivity contribution in [1.29, 1.82) is 0 Å². The largest absolute Gasteiger partial charge is 0.309 e. The predicted octanol–water partition coefficient (Wildman–Crippen LogP) is 12.5. The number of rotatable bonds is 5. The number of benzene rings is 7. The van der Waals surface area contributed by atoms with Gasteiger partial charge in [-0.05, 0) is 65.2 Å². The highest BCUT2D eigenvalue weighted by atomic mass is 32.2. The zero-order valence-corrected chi connectivity index (χ0v) is 30.5. The number of nitrogens with zero attached hydrogens (tertiary/aromatic N) is 5. The van der Waals surface area contributed by atoms with Gasteiger partial charge >= 0.3 is 0 Å². The molecule has 7 heteroatoms. The van der Waals surface area contributed by atoms with E-state index >= 15 is 0 Å². The molecule has 0 saturated carbocycles. The summed E-state index contributed by atoms with van der Waals surface area (Å²) in [5.74, 6) is 2.92. The smallest absolute Gasteiger partial charge is 0.164 e. The second kappa shape index (κ2) is 12.6. The summed E-state index contributed by atoms with van der Waals surface area (Å²) in [4.78, 5) is 21.2. The number of fused-ring (bicyclic) bond motifs is 7. The van der Waals surface area contributed by atoms with Crippen LogP contribution in [0.2, 0.25) is 0 Å². The Morgan fingerprint density at radius 3 is 1.94 bits per heavy atom. The fourth-order valence-corrected chi connectivity index (χ4v) is 9.65. The SMILES string of the molecule is c1ccc(-c2nc(-c3ccccc3)nc(-c3ccc4nc(-c5cccc(-n6c7ccccc7c7cc8c(cc76)SCc6ccccc6-8)c5)sc4c3)n2)cc1. The van der Waals surface area contributed by atoms with Gasteiger partial charge in [0.25, 0.3) is 0 Å². The van der Waals surface area contributed by atoms with E-state index in [4.69, 9.17) is 19.9 Å². The number of para-hydroxylation sites is 1. The molecule has 3 aromatic heterocycles. The van der Waals surface area contributed by atoms with Crippen molar-refractivity contribution in [2.75, 3.05) is 0 Å². The highest BCUT2D eigenvalue weighted by Gasteiger charge is 2.21. The van der Waals surface area contributed by atoms with Crippen LogP contribution in [0.4, 0.5) is 0 Å². The van der Waals surface area contributed by atoms with Crippen molar-refractivity contribution in [3.63, 3.8) is 0 Å². The van der Waals surface area contributed by atoms with E-state index in [1.165, 1.54) is 43.4 Å². The molecule has 0 unspecified atom stereocenters. The Kier molecular flexibility index (Phi) is 7.28. The van der Waals surface area contributed by atoms with E-state index in [1.807, 2.05) is 72.4 Å². The van der Waals surface area contributed by atoms with Crippen LogP contribution in [-0.4, -0.2) is 24.5 Å². The van der Waals surface area contributed by atoms with Gasteiger partial charge in [0, 0.05) is 49.4 Å². The third kappa shape index (κ3) is 5.23. The molecule has 0 amide bonds. The molecule has 0 saturated heterocycles. The molecular weight excluding hydrogens is 699 g/mol. The van der Waals surface area contributed by atoms with Crippen LogP contribution in [0.15, 0.2) is 169 Å². The van der Waals surface area contributed by atoms with E-state index < -0.39 is 0 Å². The Balaban J connectivity index is 1.01. The number of hydrogen-bond donors (Lipinski definition) is 0. The second-order valence-electron chi connectivity index (χ2n) is 13.5. The molecule has 7 aromatic carbocycles. The summed E-state index contributed by atoms with van der Waals surface area (Å²) in [5.41, 5.74) is 12.5. The van der Waals surface area contributed by atoms with Crippen LogP contribution in [0, 0.1) is 0 Å². The molecule has 0 spiro atoms. The Bertz CT molecular complexity index is 3000. The van der Waals surface area contributed by atoms with Crippen LogP contribution in [0.3, 0.4) is 0 Å². The Morgan fingerprint density at radius 1 is 0.463 bits per heavy atom. The van der Waals surface area contributed by atoms with Crippen molar-refractivity contribution < 1.29 is 0 Å². The normalized spacial score (nSPS) is 12.3. The topological polar surface area (TPSA) is 56.5 Å². The van der Waals surface area contributed by atoms with Gasteiger partial charge in [-0.3, -0.25) is 0 Å². The highest BCUT2D eigenvalue weighted by Crippen LogP contribution is 2.46. The van der Waals surface area contributed by atoms with Gasteiger partial charge in [-0.25, -0.2) is 19.9 Å². The van der Waals surface area contributed by atoms with Crippen LogP contribution >= 0.6 is 23.1 Å². The van der Waals surface area contributed by atoms with Gasteiger partial charge in [0.1, 0.15) is 5.01 Å². The van der Waals surface area contributed by atoms with Crippen LogP contribution in [-0.2, 0) is 5.75 Å². The minimum atomic E-state index is 0.636. The first kappa shape index (κ1) is 31.1. The average molecular weight is 728 g/mol. The fraction of sp³-hybridized carbons (Fsp3) is 0.0213. The Morgan fingerprint density at radius 2 is 1.15 bits per heavy atom. The van der Waals surface area contributed by atoms with Gasteiger partial charge in [0.15, 0.2) is 17.5 Å². The fourth-order valence-electron chi connectivity index (χ4n) is 7.57. The predicted molar refractivity (Wildman–Crippen MR) is 224 cm³/mol. The summed E-state index contributed by atoms with van der Waals surface area (Å²) in [7, 11) is 0. The van der Waals surface area contributed by atoms with Crippen molar-refractivity contribution >= 4 is 55.1 Å². The van der Waals surface area contributed by atoms with E-state index in [1.54, 1.807) is 11.3 Å². The molecule has 254 valence electrons. The molecule has 0 fully saturated rings. The highest BCUT2D eigenvalue weighted by molar-refractivity contribution is 7.98. The number of hydrogen-bond acceptors (Lipinski definition) is 6. The molecule has 54 heavy (non-hydrogen) atoms. The van der Waals surface area contributed by atoms with Crippen molar-refractivity contribution in [1.82, 2.24) is 24.5 Å². The van der Waals surface area contributed by atoms with Gasteiger partial charge in [-0.1, -0.05) is 115 Å². The van der Waals surface area contributed by atoms with Gasteiger partial charge in [0.05, 0.1) is 21.3 Å². The number of thioether (sulfide) groups is 1. The lowest BCUT2D eigenvalue weighted by atomic mass is 9.98. The first-order valence-electron chi connectivity index (χ1n) is 17.9. The molecular formula is C47H29N5S2. The summed E-state index contributed by atoms with van der Waals surface area (Å²) in [6, 6.07) is 57.6. The van der Waals surface area contributed by atoms with Crippen LogP contribution in [0.1, 0.15) is 5.56 Å². The van der Waals surface area contributed by atoms with E-state index in [0.717, 1.165) is 48.9 Å². The van der Waals surface area contributed by atoms with Crippen LogP contribution in [0.5, 0.6) is 0 Å². The van der Waals surface area contributed by atoms with Crippen molar-refractivity contribution in [2.45, 2.75) is 10.6 Å². The van der Waals surface area contributed by atoms with Gasteiger partial charge in [-0.2, -0.15) is 0 Å². The van der Waals surface area contributed by atoms with E-state index in [9.17, 15) is 0 Å². The lowest BCUT2D eigenvalue weighted by Gasteiger charge is -2.20. The first-order chi connectivity index (χ1) is 26.7. The lowest BCUT2D eigenvalue weighted by molar-refractivity contribution is 1.07. The molecule has 0 aliphatic carbocycles. The molecule has 5 nitrogen and oxygen atoms in total. The minimum absolute atomic E-state index is 0.636. The summed E-state index contributed by atoms with van der Waals surface area (Å²) in [6.45, 7) is 0. The summed E-state index contributed by atoms with van der Waals surface area (Å²) >= 11 is 3.62. The maximum absolute atomic E-state index is 5.13. The molecule has 0 N–H and O–H groups in total. The van der Waals surface area contributed by atoms with Crippen molar-refractivity contribution in [3.05, 3.63) is 169 Å². The summed E-state index contributed by atoms with van der Waals surface area (Å²) in [5, 5.41) is 3.49. The van der Waals surface area contributed by atoms with Gasteiger partial charge in [0.2, 0.25) is 0 Å². The maximum Gasteiger partial charge on any atom is 0.164 e. The third-order valence-electron chi connectivity index (χ3n) is 10.2. The van der Waals surface area contributed by atoms with Crippen LogP contribution in [0.25, 0.3) is 93.6 Å². The number of aromatic nitrogens is 5. The standard InChI is InChI=1S/C47H29N5S2/c1-3-12-29(13-4-1)44-49-45(30-14-5-2-6-15-30)51-46(50-44)31-22-23-39-43(25-31)54-47(48-39)32-17-11-18-34(24-32)52-40-21-10-9-20-36(40)37-26-38-35-19-8-7-16-33(35)28-53-42(38)27-41(37)52/h1-27H,28H2. The average Bonchev–Trinajstić information content (AvgIpc) is 3.82. The lowest BCUT2D eigenvalue weighted by Crippen LogP contribution is -1.99. The zero-order valence-electron chi connectivity index (χ0n) is 28.8. The van der Waals surface area contributed by atoms with Gasteiger partial charge in [-0.15, -0.1) is 23.1 Å². The molecule has 0 bridgehead atoms. The van der Waals surface area contributed by atoms with E-state index in [0.29, 0.717) is 17.5 Å². The van der Waals surface area contributed by atoms with E-state index in [2.05, 4.69) is 108 Å². The summed E-state index contributed by atoms with van der Waals surface area (Å²) < 4.78 is 3.49. The van der Waals surface area contributed by atoms with Crippen LogP contribution < -0.4 is 0 Å². The minimum Gasteiger partial charge on any atom is -0.309 e. The quantitative estimate of drug-likeness (QED) is 0.177. The summed E-state index contributed by atoms with van der Waals surface area (Å²) in [6.07, 6.45) is 0. The van der Waals surface area contributed by atoms with E-state index in [-0.39, 0.29) is 0 Å². The number of thiazole rings is 1. The zero-order chi connectivity index (χ0) is 35.6. The van der Waals surface area contributed by atoms with Crippen molar-refractivity contribution in [3.8, 4) is 61.5 Å². The molecule has 1 aliphatic rings. The molecule has 10 aromatic rings. The molecule has 4 heterocycles. The monoisotopic (exact) mass is 727 g/mol. The Labute approximate surface area is 319 Å². The Hall–Kier alpha value is -6.41. The third-order valence-corrected chi connectivity index (χ3v) is 12.3. The maximum atomic E-state index is 5.13. The van der Waals surface area contributed by atoms with Crippen molar-refractivity contribution in [2.24, 2.45) is 0 Å². The molecule has 0 radical (unpaired) electrons.